The van der Waals surface area contributed by atoms with Crippen LogP contribution in [-0.4, -0.2) is 53.3 Å². The first kappa shape index (κ1) is 25.5. The van der Waals surface area contributed by atoms with E-state index >= 15 is 0 Å². The van der Waals surface area contributed by atoms with Crippen molar-refractivity contribution >= 4 is 75.6 Å². The van der Waals surface area contributed by atoms with Gasteiger partial charge in [0.15, 0.2) is 0 Å². The normalized spacial score (nSPS) is 28.2. The fraction of sp³-hybridized carbons (Fsp3) is 0.348. The second kappa shape index (κ2) is 8.43. The van der Waals surface area contributed by atoms with Gasteiger partial charge in [-0.25, -0.2) is 8.78 Å². The molecule has 0 aliphatic carbocycles. The maximum absolute atomic E-state index is 14.8. The second-order valence-corrected chi connectivity index (χ2v) is 10.8. The van der Waals surface area contributed by atoms with E-state index in [9.17, 15) is 28.3 Å². The molecule has 2 aromatic rings. The molecule has 0 aromatic heterocycles. The first-order valence-electron chi connectivity index (χ1n) is 10.7. The SMILES string of the molecule is CN(C(=O)C1[C@H]2CC(F)(F)CN2[C@]2(C(=O)Nc3c2ccc(Cl)c3Cl)[C@H]1C(=O)O)c1cc(Cl)cc(Cl)c1. The molecule has 2 fully saturated rings. The van der Waals surface area contributed by atoms with E-state index < -0.39 is 60.1 Å². The Labute approximate surface area is 223 Å². The van der Waals surface area contributed by atoms with Crippen molar-refractivity contribution in [2.75, 3.05) is 23.8 Å². The number of alkyl halides is 2. The second-order valence-electron chi connectivity index (χ2n) is 9.13. The van der Waals surface area contributed by atoms with Crippen molar-refractivity contribution in [1.29, 1.82) is 0 Å². The summed E-state index contributed by atoms with van der Waals surface area (Å²) >= 11 is 24.5. The number of carboxylic acid groups (broad SMARTS) is 1. The molecule has 2 saturated heterocycles. The Balaban J connectivity index is 1.70. The molecule has 2 N–H and O–H groups in total. The summed E-state index contributed by atoms with van der Waals surface area (Å²) in [4.78, 5) is 42.4. The molecule has 13 heteroatoms. The van der Waals surface area contributed by atoms with Crippen molar-refractivity contribution in [3.63, 3.8) is 0 Å². The first-order valence-corrected chi connectivity index (χ1v) is 12.2. The number of benzene rings is 2. The van der Waals surface area contributed by atoms with Crippen LogP contribution in [0.3, 0.4) is 0 Å². The fourth-order valence-electron chi connectivity index (χ4n) is 5.85. The number of carbonyl (C=O) groups is 3. The number of carboxylic acids is 1. The summed E-state index contributed by atoms with van der Waals surface area (Å²) in [6.07, 6.45) is -0.803. The molecule has 2 aromatic carbocycles. The molecular formula is C23H17Cl4F2N3O4. The van der Waals surface area contributed by atoms with Crippen LogP contribution >= 0.6 is 46.4 Å². The number of aliphatic carboxylic acids is 1. The molecule has 0 saturated carbocycles. The number of rotatable bonds is 3. The Morgan fingerprint density at radius 3 is 2.39 bits per heavy atom. The Hall–Kier alpha value is -2.17. The molecule has 4 atom stereocenters. The monoisotopic (exact) mass is 577 g/mol. The standard InChI is InChI=1S/C23H17Cl4F2N3O4/c1-31(11-5-9(24)4-10(25)6-11)19(33)15-14-7-22(28,29)8-32(14)23(16(15)20(34)35)12-2-3-13(26)17(27)18(12)30-21(23)36/h2-6,14-16H,7-8H2,1H3,(H,30,36)(H,34,35)/t14-,15?,16-,23+/m1/s1. The highest BCUT2D eigenvalue weighted by atomic mass is 35.5. The van der Waals surface area contributed by atoms with Crippen LogP contribution in [0.5, 0.6) is 0 Å². The van der Waals surface area contributed by atoms with Gasteiger partial charge < -0.3 is 15.3 Å². The molecule has 0 radical (unpaired) electrons. The minimum Gasteiger partial charge on any atom is -0.481 e. The zero-order valence-electron chi connectivity index (χ0n) is 18.4. The van der Waals surface area contributed by atoms with Crippen molar-refractivity contribution in [2.45, 2.75) is 23.9 Å². The van der Waals surface area contributed by atoms with Crippen LogP contribution in [0.1, 0.15) is 12.0 Å². The first-order chi connectivity index (χ1) is 16.8. The number of hydrogen-bond acceptors (Lipinski definition) is 4. The van der Waals surface area contributed by atoms with Crippen LogP contribution in [0.4, 0.5) is 20.2 Å². The quantitative estimate of drug-likeness (QED) is 0.526. The van der Waals surface area contributed by atoms with E-state index in [-0.39, 0.29) is 37.0 Å². The minimum atomic E-state index is -3.27. The molecule has 2 amide bonds. The van der Waals surface area contributed by atoms with Gasteiger partial charge in [-0.2, -0.15) is 0 Å². The van der Waals surface area contributed by atoms with Crippen LogP contribution in [0.2, 0.25) is 20.1 Å². The lowest BCUT2D eigenvalue weighted by molar-refractivity contribution is -0.153. The lowest BCUT2D eigenvalue weighted by atomic mass is 9.73. The summed E-state index contributed by atoms with van der Waals surface area (Å²) in [6.45, 7) is -0.912. The van der Waals surface area contributed by atoms with E-state index in [0.717, 1.165) is 9.80 Å². The number of hydrogen-bond donors (Lipinski definition) is 2. The Morgan fingerprint density at radius 1 is 1.14 bits per heavy atom. The molecule has 190 valence electrons. The largest absolute Gasteiger partial charge is 0.481 e. The molecule has 1 unspecified atom stereocenters. The van der Waals surface area contributed by atoms with E-state index in [2.05, 4.69) is 5.32 Å². The van der Waals surface area contributed by atoms with Crippen LogP contribution < -0.4 is 10.2 Å². The zero-order chi connectivity index (χ0) is 26.3. The van der Waals surface area contributed by atoms with Crippen LogP contribution in [-0.2, 0) is 19.9 Å². The highest BCUT2D eigenvalue weighted by Gasteiger charge is 2.74. The molecule has 3 aliphatic heterocycles. The number of nitrogens with one attached hydrogen (secondary N) is 1. The molecule has 1 spiro atoms. The van der Waals surface area contributed by atoms with Gasteiger partial charge in [-0.05, 0) is 24.3 Å². The van der Waals surface area contributed by atoms with Gasteiger partial charge in [0.2, 0.25) is 5.91 Å². The molecule has 7 nitrogen and oxygen atoms in total. The Bertz CT molecular complexity index is 1320. The third kappa shape index (κ3) is 3.51. The lowest BCUT2D eigenvalue weighted by Gasteiger charge is -2.36. The Kier molecular flexibility index (Phi) is 5.96. The van der Waals surface area contributed by atoms with Gasteiger partial charge in [0.25, 0.3) is 11.8 Å². The third-order valence-corrected chi connectivity index (χ3v) is 8.43. The summed E-state index contributed by atoms with van der Waals surface area (Å²) in [5.41, 5.74) is -1.74. The topological polar surface area (TPSA) is 90.0 Å². The fourth-order valence-corrected chi connectivity index (χ4v) is 6.74. The van der Waals surface area contributed by atoms with E-state index in [1.54, 1.807) is 0 Å². The third-order valence-electron chi connectivity index (χ3n) is 7.19. The number of carbonyl (C=O) groups excluding carboxylic acids is 2. The molecule has 3 aliphatic rings. The summed E-state index contributed by atoms with van der Waals surface area (Å²) in [7, 11) is 1.37. The van der Waals surface area contributed by atoms with Gasteiger partial charge in [0.1, 0.15) is 11.5 Å². The van der Waals surface area contributed by atoms with Gasteiger partial charge in [0, 0.05) is 40.8 Å². The smallest absolute Gasteiger partial charge is 0.310 e. The highest BCUT2D eigenvalue weighted by molar-refractivity contribution is 6.44. The van der Waals surface area contributed by atoms with Gasteiger partial charge in [0.05, 0.1) is 28.2 Å². The van der Waals surface area contributed by atoms with E-state index in [4.69, 9.17) is 46.4 Å². The van der Waals surface area contributed by atoms with Crippen LogP contribution in [0, 0.1) is 11.8 Å². The molecule has 0 bridgehead atoms. The lowest BCUT2D eigenvalue weighted by Crippen LogP contribution is -2.54. The number of nitrogens with zero attached hydrogens (tertiary/aromatic N) is 2. The number of anilines is 2. The van der Waals surface area contributed by atoms with Crippen molar-refractivity contribution in [3.8, 4) is 0 Å². The molecule has 5 rings (SSSR count). The van der Waals surface area contributed by atoms with E-state index in [0.29, 0.717) is 0 Å². The van der Waals surface area contributed by atoms with Gasteiger partial charge in [-0.1, -0.05) is 52.5 Å². The van der Waals surface area contributed by atoms with Crippen molar-refractivity contribution in [3.05, 3.63) is 56.0 Å². The van der Waals surface area contributed by atoms with Gasteiger partial charge in [-0.15, -0.1) is 0 Å². The average Bonchev–Trinajstić information content (AvgIpc) is 3.35. The predicted octanol–water partition coefficient (Wildman–Crippen LogP) is 5.15. The summed E-state index contributed by atoms with van der Waals surface area (Å²) in [5, 5.41) is 13.4. The molecular weight excluding hydrogens is 562 g/mol. The molecule has 36 heavy (non-hydrogen) atoms. The maximum Gasteiger partial charge on any atom is 0.310 e. The summed E-state index contributed by atoms with van der Waals surface area (Å²) in [5.74, 6) is -9.60. The summed E-state index contributed by atoms with van der Waals surface area (Å²) < 4.78 is 29.6. The number of amides is 2. The van der Waals surface area contributed by atoms with Crippen LogP contribution in [0.25, 0.3) is 0 Å². The van der Waals surface area contributed by atoms with Crippen LogP contribution in [0.15, 0.2) is 30.3 Å². The van der Waals surface area contributed by atoms with Crippen molar-refractivity contribution in [2.24, 2.45) is 11.8 Å². The zero-order valence-corrected chi connectivity index (χ0v) is 21.4. The van der Waals surface area contributed by atoms with E-state index in [1.165, 1.54) is 37.4 Å². The average molecular weight is 579 g/mol. The van der Waals surface area contributed by atoms with Gasteiger partial charge >= 0.3 is 5.97 Å². The summed E-state index contributed by atoms with van der Waals surface area (Å²) in [6, 6.07) is 5.82. The highest BCUT2D eigenvalue weighted by Crippen LogP contribution is 2.61. The van der Waals surface area contributed by atoms with E-state index in [1.807, 2.05) is 0 Å². The number of halogens is 6. The predicted molar refractivity (Wildman–Crippen MR) is 131 cm³/mol. The molecule has 3 heterocycles. The number of fused-ring (bicyclic) bond motifs is 4. The van der Waals surface area contributed by atoms with Gasteiger partial charge in [-0.3, -0.25) is 19.3 Å². The van der Waals surface area contributed by atoms with Crippen molar-refractivity contribution in [1.82, 2.24) is 4.90 Å². The van der Waals surface area contributed by atoms with Crippen molar-refractivity contribution < 1.29 is 28.3 Å². The Morgan fingerprint density at radius 2 is 1.78 bits per heavy atom. The minimum absolute atomic E-state index is 0.0393. The maximum atomic E-state index is 14.8.